The molecule has 3 aromatic rings. The lowest BCUT2D eigenvalue weighted by atomic mass is 9.95. The number of nitrogens with zero attached hydrogens (tertiary/aromatic N) is 1. The Bertz CT molecular complexity index is 1540. The molecule has 0 aromatic heterocycles. The molecule has 0 amide bonds. The predicted molar refractivity (Wildman–Crippen MR) is 199 cm³/mol. The average Bonchev–Trinajstić information content (AvgIpc) is 3.04. The van der Waals surface area contributed by atoms with Crippen LogP contribution >= 0.6 is 11.6 Å². The molecular formula is C41H52ClN3O. The van der Waals surface area contributed by atoms with Crippen LogP contribution in [0.5, 0.6) is 5.75 Å². The molecular weight excluding hydrogens is 586 g/mol. The molecule has 3 aromatic carbocycles. The summed E-state index contributed by atoms with van der Waals surface area (Å²) in [5.74, 6) is 0.286. The molecule has 1 saturated heterocycles. The number of halogens is 1. The van der Waals surface area contributed by atoms with Gasteiger partial charge in [-0.15, -0.1) is 0 Å². The van der Waals surface area contributed by atoms with E-state index in [1.165, 1.54) is 41.6 Å². The van der Waals surface area contributed by atoms with E-state index in [1.807, 2.05) is 39.1 Å². The molecule has 4 rings (SSSR count). The van der Waals surface area contributed by atoms with Gasteiger partial charge in [0.25, 0.3) is 0 Å². The summed E-state index contributed by atoms with van der Waals surface area (Å²) in [5.41, 5.74) is 11.2. The number of piperidine rings is 1. The van der Waals surface area contributed by atoms with Crippen molar-refractivity contribution < 1.29 is 5.11 Å². The molecule has 4 nitrogen and oxygen atoms in total. The van der Waals surface area contributed by atoms with Gasteiger partial charge in [0.2, 0.25) is 0 Å². The van der Waals surface area contributed by atoms with E-state index in [2.05, 4.69) is 84.2 Å². The minimum atomic E-state index is 0.0851. The van der Waals surface area contributed by atoms with Crippen molar-refractivity contribution in [3.05, 3.63) is 136 Å². The third-order valence-corrected chi connectivity index (χ3v) is 9.28. The first-order chi connectivity index (χ1) is 22.1. The quantitative estimate of drug-likeness (QED) is 0.0882. The van der Waals surface area contributed by atoms with Crippen LogP contribution in [0.3, 0.4) is 0 Å². The summed E-state index contributed by atoms with van der Waals surface area (Å²) in [6.45, 7) is 17.9. The zero-order valence-electron chi connectivity index (χ0n) is 28.3. The molecule has 3 N–H and O–H groups in total. The highest BCUT2D eigenvalue weighted by atomic mass is 35.5. The van der Waals surface area contributed by atoms with E-state index in [-0.39, 0.29) is 11.8 Å². The molecule has 1 aliphatic heterocycles. The fourth-order valence-electron chi connectivity index (χ4n) is 6.29. The number of para-hydroxylation sites is 1. The fraction of sp³-hybridized carbons (Fsp3) is 0.366. The second-order valence-corrected chi connectivity index (χ2v) is 13.2. The zero-order chi connectivity index (χ0) is 33.1. The Balaban J connectivity index is 1.45. The molecule has 1 atom stereocenters. The summed E-state index contributed by atoms with van der Waals surface area (Å²) in [5, 5.41) is 18.0. The van der Waals surface area contributed by atoms with Gasteiger partial charge < -0.3 is 20.6 Å². The highest BCUT2D eigenvalue weighted by Gasteiger charge is 2.19. The summed E-state index contributed by atoms with van der Waals surface area (Å²) in [6, 6.07) is 21.0. The van der Waals surface area contributed by atoms with Crippen LogP contribution in [-0.4, -0.2) is 37.8 Å². The lowest BCUT2D eigenvalue weighted by Gasteiger charge is -2.33. The maximum Gasteiger partial charge on any atom is 0.119 e. The molecule has 0 spiro atoms. The smallest absolute Gasteiger partial charge is 0.119 e. The van der Waals surface area contributed by atoms with Crippen LogP contribution in [0.15, 0.2) is 103 Å². The van der Waals surface area contributed by atoms with Crippen LogP contribution in [0.25, 0.3) is 5.57 Å². The van der Waals surface area contributed by atoms with Crippen molar-refractivity contribution in [1.82, 2.24) is 10.6 Å². The van der Waals surface area contributed by atoms with Crippen molar-refractivity contribution in [2.45, 2.75) is 71.8 Å². The number of unbranched alkanes of at least 4 members (excludes halogenated alkanes) is 2. The van der Waals surface area contributed by atoms with E-state index in [0.717, 1.165) is 83.9 Å². The van der Waals surface area contributed by atoms with Crippen LogP contribution in [0.2, 0.25) is 5.02 Å². The molecule has 46 heavy (non-hydrogen) atoms. The summed E-state index contributed by atoms with van der Waals surface area (Å²) in [7, 11) is 2.03. The van der Waals surface area contributed by atoms with Gasteiger partial charge in [0.05, 0.1) is 0 Å². The molecule has 0 aliphatic carbocycles. The Morgan fingerprint density at radius 3 is 2.41 bits per heavy atom. The number of hydrogen-bond acceptors (Lipinski definition) is 4. The topological polar surface area (TPSA) is 47.5 Å². The van der Waals surface area contributed by atoms with Crippen LogP contribution in [0, 0.1) is 13.8 Å². The molecule has 1 heterocycles. The minimum Gasteiger partial charge on any atom is -0.508 e. The third-order valence-electron chi connectivity index (χ3n) is 9.03. The Hall–Kier alpha value is -3.73. The number of phenols is 1. The summed E-state index contributed by atoms with van der Waals surface area (Å²) < 4.78 is 0. The zero-order valence-corrected chi connectivity index (χ0v) is 29.0. The van der Waals surface area contributed by atoms with Gasteiger partial charge in [0.1, 0.15) is 5.75 Å². The lowest BCUT2D eigenvalue weighted by molar-refractivity contribution is 0.471. The fourth-order valence-corrected chi connectivity index (χ4v) is 6.41. The summed E-state index contributed by atoms with van der Waals surface area (Å²) in [6.07, 6.45) is 12.3. The maximum absolute atomic E-state index is 10.3. The Labute approximate surface area is 282 Å². The molecule has 1 aliphatic rings. The van der Waals surface area contributed by atoms with Crippen LogP contribution in [-0.2, 0) is 12.8 Å². The number of anilines is 1. The van der Waals surface area contributed by atoms with E-state index in [4.69, 9.17) is 11.6 Å². The highest BCUT2D eigenvalue weighted by Crippen LogP contribution is 2.30. The normalized spacial score (nSPS) is 14.2. The second kappa shape index (κ2) is 17.3. The first kappa shape index (κ1) is 35.1. The van der Waals surface area contributed by atoms with Crippen molar-refractivity contribution in [2.75, 3.05) is 31.6 Å². The van der Waals surface area contributed by atoms with Gasteiger partial charge in [-0.1, -0.05) is 79.2 Å². The number of allylic oxidation sites excluding steroid dienone is 3. The molecule has 1 unspecified atom stereocenters. The third kappa shape index (κ3) is 10.1. The van der Waals surface area contributed by atoms with Gasteiger partial charge in [0.15, 0.2) is 0 Å². The van der Waals surface area contributed by atoms with Crippen molar-refractivity contribution in [2.24, 2.45) is 0 Å². The molecule has 244 valence electrons. The van der Waals surface area contributed by atoms with E-state index in [0.29, 0.717) is 0 Å². The van der Waals surface area contributed by atoms with E-state index < -0.39 is 0 Å². The molecule has 5 heteroatoms. The molecule has 0 radical (unpaired) electrons. The van der Waals surface area contributed by atoms with E-state index in [9.17, 15) is 5.11 Å². The largest absolute Gasteiger partial charge is 0.508 e. The number of aromatic hydroxyl groups is 1. The minimum absolute atomic E-state index is 0.0851. The highest BCUT2D eigenvalue weighted by molar-refractivity contribution is 6.30. The number of rotatable bonds is 15. The standard InChI is InChI=1S/C41H52ClN3O/c1-29(24-30(2)39-28-41(46)32(4)25-31(39)3)33(5)44-38(26-34-15-17-37(42)18-16-34)27-35-19-22-45(23-20-35)40-14-10-9-13-36(40)12-8-7-11-21-43-6/h9-10,13-18,24-25,27-28,38,43-44,46H,2,5,7-8,11-12,19-23,26H2,1,3-4,6H3/b29-24+. The summed E-state index contributed by atoms with van der Waals surface area (Å²) >= 11 is 6.20. The maximum atomic E-state index is 10.3. The van der Waals surface area contributed by atoms with Crippen molar-refractivity contribution >= 4 is 22.9 Å². The Morgan fingerprint density at radius 1 is 0.978 bits per heavy atom. The number of nitrogens with one attached hydrogen (secondary N) is 2. The Kier molecular flexibility index (Phi) is 13.2. The van der Waals surface area contributed by atoms with Crippen LogP contribution in [0.1, 0.15) is 66.8 Å². The van der Waals surface area contributed by atoms with Gasteiger partial charge in [-0.05, 0) is 142 Å². The second-order valence-electron chi connectivity index (χ2n) is 12.7. The number of aryl methyl sites for hydroxylation is 3. The first-order valence-corrected chi connectivity index (χ1v) is 17.1. The number of phenolic OH excluding ortho intramolecular Hbond substituents is 1. The number of benzene rings is 3. The molecule has 1 fully saturated rings. The predicted octanol–water partition coefficient (Wildman–Crippen LogP) is 9.50. The molecule has 0 saturated carbocycles. The van der Waals surface area contributed by atoms with Crippen molar-refractivity contribution in [1.29, 1.82) is 0 Å². The van der Waals surface area contributed by atoms with Crippen LogP contribution < -0.4 is 15.5 Å². The van der Waals surface area contributed by atoms with Gasteiger partial charge in [0, 0.05) is 35.5 Å². The van der Waals surface area contributed by atoms with Crippen LogP contribution in [0.4, 0.5) is 5.69 Å². The lowest BCUT2D eigenvalue weighted by Crippen LogP contribution is -2.33. The van der Waals surface area contributed by atoms with Gasteiger partial charge in [-0.3, -0.25) is 0 Å². The van der Waals surface area contributed by atoms with Gasteiger partial charge >= 0.3 is 0 Å². The van der Waals surface area contributed by atoms with E-state index in [1.54, 1.807) is 6.07 Å². The summed E-state index contributed by atoms with van der Waals surface area (Å²) in [4.78, 5) is 2.57. The number of hydrogen-bond donors (Lipinski definition) is 3. The Morgan fingerprint density at radius 2 is 1.70 bits per heavy atom. The SMILES string of the molecule is C=C(NC(C=C1CCN(c2ccccc2CCCCCNC)CC1)Cc1ccc(Cl)cc1)/C(C)=C/C(=C)c1cc(O)c(C)cc1C. The van der Waals surface area contributed by atoms with Crippen molar-refractivity contribution in [3.8, 4) is 5.75 Å². The van der Waals surface area contributed by atoms with Crippen molar-refractivity contribution in [3.63, 3.8) is 0 Å². The molecule has 0 bridgehead atoms. The average molecular weight is 638 g/mol. The van der Waals surface area contributed by atoms with E-state index >= 15 is 0 Å². The van der Waals surface area contributed by atoms with Gasteiger partial charge in [-0.25, -0.2) is 0 Å². The van der Waals surface area contributed by atoms with Gasteiger partial charge in [-0.2, -0.15) is 0 Å². The monoisotopic (exact) mass is 637 g/mol. The first-order valence-electron chi connectivity index (χ1n) is 16.7.